The topological polar surface area (TPSA) is 65.7 Å². The van der Waals surface area contributed by atoms with Crippen LogP contribution in [0, 0.1) is 0 Å². The molecule has 0 unspecified atom stereocenters. The van der Waals surface area contributed by atoms with Gasteiger partial charge in [-0.15, -0.1) is 0 Å². The predicted octanol–water partition coefficient (Wildman–Crippen LogP) is 6.81. The molecule has 1 saturated carbocycles. The Morgan fingerprint density at radius 1 is 1.18 bits per heavy atom. The van der Waals surface area contributed by atoms with Crippen molar-refractivity contribution in [1.29, 1.82) is 0 Å². The van der Waals surface area contributed by atoms with Gasteiger partial charge >= 0.3 is 0 Å². The van der Waals surface area contributed by atoms with E-state index in [0.29, 0.717) is 40.1 Å². The van der Waals surface area contributed by atoms with E-state index in [-0.39, 0.29) is 11.5 Å². The molecule has 8 heteroatoms. The Balaban J connectivity index is 1.82. The zero-order chi connectivity index (χ0) is 24.1. The Morgan fingerprint density at radius 3 is 2.68 bits per heavy atom. The second-order valence-electron chi connectivity index (χ2n) is 8.14. The van der Waals surface area contributed by atoms with Crippen LogP contribution in [-0.4, -0.2) is 29.1 Å². The highest BCUT2D eigenvalue weighted by atomic mass is 79.9. The molecule has 1 aliphatic carbocycles. The van der Waals surface area contributed by atoms with Crippen LogP contribution in [0.1, 0.15) is 56.3 Å². The van der Waals surface area contributed by atoms with Gasteiger partial charge in [-0.2, -0.15) is 9.78 Å². The van der Waals surface area contributed by atoms with Gasteiger partial charge in [0.15, 0.2) is 11.5 Å². The molecule has 1 fully saturated rings. The summed E-state index contributed by atoms with van der Waals surface area (Å²) in [6.45, 7) is 6.45. The summed E-state index contributed by atoms with van der Waals surface area (Å²) < 4.78 is 14.5. The molecule has 0 saturated heterocycles. The number of halogens is 2. The Hall–Kier alpha value is -2.45. The predicted molar refractivity (Wildman–Crippen MR) is 144 cm³/mol. The van der Waals surface area contributed by atoms with Gasteiger partial charge in [0.2, 0.25) is 0 Å². The van der Waals surface area contributed by atoms with Crippen molar-refractivity contribution in [3.63, 3.8) is 0 Å². The van der Waals surface area contributed by atoms with Crippen LogP contribution < -0.4 is 15.0 Å². The van der Waals surface area contributed by atoms with Crippen LogP contribution in [0.4, 0.5) is 0 Å². The molecule has 4 rings (SSSR count). The lowest BCUT2D eigenvalue weighted by molar-refractivity contribution is 0.295. The quantitative estimate of drug-likeness (QED) is 0.214. The van der Waals surface area contributed by atoms with Crippen LogP contribution in [0.25, 0.3) is 10.9 Å². The second kappa shape index (κ2) is 11.3. The Kier molecular flexibility index (Phi) is 8.21. The summed E-state index contributed by atoms with van der Waals surface area (Å²) in [5.74, 6) is 2.11. The smallest absolute Gasteiger partial charge is 0.282 e. The largest absolute Gasteiger partial charge is 0.490 e. The Labute approximate surface area is 215 Å². The van der Waals surface area contributed by atoms with Gasteiger partial charge in [-0.3, -0.25) is 4.79 Å². The number of nitrogens with zero attached hydrogens (tertiary/aromatic N) is 3. The third-order valence-electron chi connectivity index (χ3n) is 5.86. The second-order valence-corrected chi connectivity index (χ2v) is 9.72. The van der Waals surface area contributed by atoms with E-state index in [2.05, 4.69) is 43.5 Å². The molecule has 0 amide bonds. The van der Waals surface area contributed by atoms with E-state index < -0.39 is 0 Å². The third kappa shape index (κ3) is 5.13. The molecule has 3 aromatic rings. The molecule has 178 valence electrons. The van der Waals surface area contributed by atoms with Crippen molar-refractivity contribution >= 4 is 49.0 Å². The number of hydrogen-bond acceptors (Lipinski definition) is 5. The summed E-state index contributed by atoms with van der Waals surface area (Å²) in [6, 6.07) is 9.30. The van der Waals surface area contributed by atoms with Crippen molar-refractivity contribution in [3.8, 4) is 11.5 Å². The molecule has 0 atom stereocenters. The number of hydrogen-bond donors (Lipinski definition) is 0. The van der Waals surface area contributed by atoms with E-state index in [4.69, 9.17) is 14.5 Å². The standard InChI is InChI=1S/C26H27Br2N3O3/c1-3-14-34-24-21(33-4-2)15-18(22(27)23(24)28)16-29-31-25(17-10-6-5-7-11-17)30-20-13-9-8-12-19(20)26(31)32/h3,8-9,12-13,15-17H,1,4-7,10-11,14H2,2H3. The van der Waals surface area contributed by atoms with Gasteiger partial charge in [0, 0.05) is 16.0 Å². The third-order valence-corrected chi connectivity index (χ3v) is 8.01. The zero-order valence-electron chi connectivity index (χ0n) is 19.1. The van der Waals surface area contributed by atoms with Crippen molar-refractivity contribution in [1.82, 2.24) is 9.66 Å². The van der Waals surface area contributed by atoms with Crippen LogP contribution in [0.2, 0.25) is 0 Å². The van der Waals surface area contributed by atoms with Gasteiger partial charge in [-0.25, -0.2) is 4.98 Å². The highest BCUT2D eigenvalue weighted by Crippen LogP contribution is 2.42. The van der Waals surface area contributed by atoms with E-state index in [1.165, 1.54) is 11.1 Å². The number of para-hydroxylation sites is 1. The average Bonchev–Trinajstić information content (AvgIpc) is 2.86. The molecule has 0 spiro atoms. The van der Waals surface area contributed by atoms with Crippen molar-refractivity contribution in [2.75, 3.05) is 13.2 Å². The lowest BCUT2D eigenvalue weighted by Gasteiger charge is -2.22. The van der Waals surface area contributed by atoms with Gasteiger partial charge in [0.25, 0.3) is 5.56 Å². The van der Waals surface area contributed by atoms with Gasteiger partial charge in [0.1, 0.15) is 12.4 Å². The molecule has 6 nitrogen and oxygen atoms in total. The Morgan fingerprint density at radius 2 is 1.94 bits per heavy atom. The first-order valence-corrected chi connectivity index (χ1v) is 13.1. The molecule has 1 aliphatic rings. The van der Waals surface area contributed by atoms with Gasteiger partial charge in [-0.05, 0) is 69.8 Å². The zero-order valence-corrected chi connectivity index (χ0v) is 22.3. The van der Waals surface area contributed by atoms with Gasteiger partial charge < -0.3 is 9.47 Å². The van der Waals surface area contributed by atoms with E-state index in [1.54, 1.807) is 18.4 Å². The van der Waals surface area contributed by atoms with Crippen molar-refractivity contribution < 1.29 is 9.47 Å². The summed E-state index contributed by atoms with van der Waals surface area (Å²) in [7, 11) is 0. The van der Waals surface area contributed by atoms with Crippen LogP contribution in [-0.2, 0) is 0 Å². The fraction of sp³-hybridized carbons (Fsp3) is 0.346. The van der Waals surface area contributed by atoms with E-state index in [1.807, 2.05) is 31.2 Å². The van der Waals surface area contributed by atoms with Crippen LogP contribution in [0.3, 0.4) is 0 Å². The fourth-order valence-electron chi connectivity index (χ4n) is 4.24. The lowest BCUT2D eigenvalue weighted by atomic mass is 9.88. The van der Waals surface area contributed by atoms with Crippen molar-refractivity contribution in [2.45, 2.75) is 44.9 Å². The van der Waals surface area contributed by atoms with E-state index in [0.717, 1.165) is 41.5 Å². The highest BCUT2D eigenvalue weighted by molar-refractivity contribution is 9.13. The summed E-state index contributed by atoms with van der Waals surface area (Å²) in [6.07, 6.45) is 8.87. The van der Waals surface area contributed by atoms with Crippen LogP contribution in [0.5, 0.6) is 11.5 Å². The lowest BCUT2D eigenvalue weighted by Crippen LogP contribution is -2.25. The molecular weight excluding hydrogens is 562 g/mol. The molecule has 0 radical (unpaired) electrons. The minimum atomic E-state index is -0.159. The molecule has 0 aliphatic heterocycles. The molecule has 2 aromatic carbocycles. The maximum Gasteiger partial charge on any atom is 0.282 e. The highest BCUT2D eigenvalue weighted by Gasteiger charge is 2.23. The summed E-state index contributed by atoms with van der Waals surface area (Å²) in [4.78, 5) is 18.3. The number of ether oxygens (including phenoxy) is 2. The van der Waals surface area contributed by atoms with Crippen molar-refractivity contribution in [3.05, 3.63) is 73.7 Å². The van der Waals surface area contributed by atoms with Crippen LogP contribution in [0.15, 0.2) is 61.8 Å². The van der Waals surface area contributed by atoms with E-state index in [9.17, 15) is 4.79 Å². The number of benzene rings is 2. The molecule has 1 aromatic heterocycles. The first-order valence-electron chi connectivity index (χ1n) is 11.5. The summed E-state index contributed by atoms with van der Waals surface area (Å²) >= 11 is 7.24. The minimum absolute atomic E-state index is 0.159. The number of fused-ring (bicyclic) bond motifs is 1. The molecule has 0 bridgehead atoms. The first-order chi connectivity index (χ1) is 16.5. The average molecular weight is 589 g/mol. The number of aromatic nitrogens is 2. The maximum absolute atomic E-state index is 13.4. The van der Waals surface area contributed by atoms with Gasteiger partial charge in [-0.1, -0.05) is 44.1 Å². The normalized spacial score (nSPS) is 14.6. The fourth-order valence-corrected chi connectivity index (χ4v) is 5.17. The van der Waals surface area contributed by atoms with Crippen molar-refractivity contribution in [2.24, 2.45) is 5.10 Å². The first kappa shape index (κ1) is 24.7. The van der Waals surface area contributed by atoms with Crippen LogP contribution >= 0.6 is 31.9 Å². The number of rotatable bonds is 8. The molecule has 1 heterocycles. The summed E-state index contributed by atoms with van der Waals surface area (Å²) in [5.41, 5.74) is 1.30. The van der Waals surface area contributed by atoms with Gasteiger partial charge in [0.05, 0.1) is 28.2 Å². The molecular formula is C26H27Br2N3O3. The molecule has 0 N–H and O–H groups in total. The maximum atomic E-state index is 13.4. The SMILES string of the molecule is C=CCOc1c(OCC)cc(C=Nn2c(C3CCCCC3)nc3ccccc3c2=O)c(Br)c1Br. The monoisotopic (exact) mass is 587 g/mol. The molecule has 34 heavy (non-hydrogen) atoms. The van der Waals surface area contributed by atoms with E-state index >= 15 is 0 Å². The summed E-state index contributed by atoms with van der Waals surface area (Å²) in [5, 5.41) is 5.21. The Bertz CT molecular complexity index is 1280. The minimum Gasteiger partial charge on any atom is -0.490 e.